The summed E-state index contributed by atoms with van der Waals surface area (Å²) in [4.78, 5) is 18.9. The Morgan fingerprint density at radius 1 is 1.19 bits per heavy atom. The first-order chi connectivity index (χ1) is 14.9. The van der Waals surface area contributed by atoms with Gasteiger partial charge in [0.1, 0.15) is 5.82 Å². The van der Waals surface area contributed by atoms with Crippen LogP contribution in [0.5, 0.6) is 0 Å². The van der Waals surface area contributed by atoms with Crippen LogP contribution < -0.4 is 16.0 Å². The summed E-state index contributed by atoms with van der Waals surface area (Å²) in [6, 6.07) is 7.38. The largest absolute Gasteiger partial charge is 0.418 e. The van der Waals surface area contributed by atoms with Gasteiger partial charge in [-0.1, -0.05) is 26.8 Å². The minimum Gasteiger partial charge on any atom is -0.354 e. The molecular formula is C22H25F3N6O. The Balaban J connectivity index is 1.70. The van der Waals surface area contributed by atoms with Gasteiger partial charge in [0, 0.05) is 30.1 Å². The molecule has 1 amide bonds. The number of alkyl halides is 3. The maximum absolute atomic E-state index is 13.5. The first-order valence-electron chi connectivity index (χ1n) is 10.3. The van der Waals surface area contributed by atoms with Crippen molar-refractivity contribution in [3.05, 3.63) is 42.1 Å². The van der Waals surface area contributed by atoms with Crippen molar-refractivity contribution in [2.24, 2.45) is 11.1 Å². The average Bonchev–Trinajstić information content (AvgIpc) is 3.31. The van der Waals surface area contributed by atoms with Crippen LogP contribution >= 0.6 is 0 Å². The van der Waals surface area contributed by atoms with Crippen LogP contribution in [0.4, 0.5) is 24.7 Å². The van der Waals surface area contributed by atoms with E-state index in [-0.39, 0.29) is 11.7 Å². The summed E-state index contributed by atoms with van der Waals surface area (Å²) in [5, 5.41) is 7.00. The minimum absolute atomic E-state index is 0.111. The Labute approximate surface area is 183 Å². The summed E-state index contributed by atoms with van der Waals surface area (Å²) in [6.07, 6.45) is -2.05. The lowest BCUT2D eigenvalue weighted by atomic mass is 9.95. The summed E-state index contributed by atoms with van der Waals surface area (Å²) in [6.45, 7) is 6.45. The van der Waals surface area contributed by atoms with Crippen molar-refractivity contribution in [2.45, 2.75) is 39.4 Å². The van der Waals surface area contributed by atoms with Crippen LogP contribution in [0.2, 0.25) is 0 Å². The molecule has 32 heavy (non-hydrogen) atoms. The van der Waals surface area contributed by atoms with Gasteiger partial charge in [-0.3, -0.25) is 4.79 Å². The molecule has 0 saturated carbocycles. The number of anilines is 2. The molecule has 3 heterocycles. The number of fused-ring (bicyclic) bond motifs is 1. The number of carbonyl (C=O) groups excluding carboxylic acids is 1. The average molecular weight is 446 g/mol. The predicted octanol–water partition coefficient (Wildman–Crippen LogP) is 3.94. The highest BCUT2D eigenvalue weighted by Gasteiger charge is 2.35. The maximum atomic E-state index is 13.5. The van der Waals surface area contributed by atoms with Gasteiger partial charge in [-0.15, -0.1) is 5.10 Å². The number of halogens is 3. The van der Waals surface area contributed by atoms with Gasteiger partial charge >= 0.3 is 6.18 Å². The summed E-state index contributed by atoms with van der Waals surface area (Å²) in [5.74, 6) is 0.255. The molecule has 1 unspecified atom stereocenters. The number of nitrogens with one attached hydrogen (secondary N) is 1. The van der Waals surface area contributed by atoms with Gasteiger partial charge in [-0.2, -0.15) is 13.2 Å². The van der Waals surface area contributed by atoms with E-state index in [4.69, 9.17) is 5.73 Å². The minimum atomic E-state index is -4.61. The van der Waals surface area contributed by atoms with Gasteiger partial charge in [-0.25, -0.2) is 9.50 Å². The zero-order valence-corrected chi connectivity index (χ0v) is 18.1. The highest BCUT2D eigenvalue weighted by molar-refractivity contribution is 5.96. The molecule has 1 saturated heterocycles. The number of nitrogens with zero attached hydrogens (tertiary/aromatic N) is 4. The molecule has 4 rings (SSSR count). The number of amides is 1. The molecule has 170 valence electrons. The topological polar surface area (TPSA) is 88.6 Å². The smallest absolute Gasteiger partial charge is 0.354 e. The van der Waals surface area contributed by atoms with Crippen molar-refractivity contribution in [1.29, 1.82) is 0 Å². The van der Waals surface area contributed by atoms with Crippen LogP contribution in [0.1, 0.15) is 32.8 Å². The number of rotatable bonds is 3. The third-order valence-corrected chi connectivity index (χ3v) is 5.40. The third-order valence-electron chi connectivity index (χ3n) is 5.40. The third kappa shape index (κ3) is 4.40. The SMILES string of the molecule is CC(C)(C)C(=O)Nc1cc(-c2cn3nc(N4CCC(N)C4)ccc3n2)ccc1C(F)(F)F. The maximum Gasteiger partial charge on any atom is 0.418 e. The Bertz CT molecular complexity index is 1160. The summed E-state index contributed by atoms with van der Waals surface area (Å²) in [7, 11) is 0. The van der Waals surface area contributed by atoms with Crippen LogP contribution in [-0.4, -0.2) is 39.6 Å². The van der Waals surface area contributed by atoms with Crippen LogP contribution in [-0.2, 0) is 11.0 Å². The molecule has 1 fully saturated rings. The van der Waals surface area contributed by atoms with Gasteiger partial charge in [-0.05, 0) is 30.7 Å². The number of benzene rings is 1. The van der Waals surface area contributed by atoms with E-state index in [1.807, 2.05) is 12.1 Å². The fourth-order valence-corrected chi connectivity index (χ4v) is 3.54. The summed E-state index contributed by atoms with van der Waals surface area (Å²) in [5.41, 5.74) is 5.38. The van der Waals surface area contributed by atoms with E-state index in [0.717, 1.165) is 31.4 Å². The van der Waals surface area contributed by atoms with Gasteiger partial charge in [0.25, 0.3) is 0 Å². The van der Waals surface area contributed by atoms with Crippen LogP contribution in [0.3, 0.4) is 0 Å². The molecule has 0 bridgehead atoms. The Kier molecular flexibility index (Phi) is 5.36. The second kappa shape index (κ2) is 7.77. The van der Waals surface area contributed by atoms with E-state index < -0.39 is 23.1 Å². The summed E-state index contributed by atoms with van der Waals surface area (Å²) < 4.78 is 42.2. The van der Waals surface area contributed by atoms with E-state index in [1.54, 1.807) is 31.5 Å². The van der Waals surface area contributed by atoms with Crippen molar-refractivity contribution < 1.29 is 18.0 Å². The molecule has 3 N–H and O–H groups in total. The second-order valence-corrected chi connectivity index (χ2v) is 9.08. The molecule has 2 aromatic heterocycles. The molecule has 1 aliphatic rings. The lowest BCUT2D eigenvalue weighted by Gasteiger charge is -2.20. The molecule has 3 aromatic rings. The number of hydrogen-bond acceptors (Lipinski definition) is 5. The van der Waals surface area contributed by atoms with Crippen LogP contribution in [0.25, 0.3) is 16.9 Å². The van der Waals surface area contributed by atoms with E-state index >= 15 is 0 Å². The fourth-order valence-electron chi connectivity index (χ4n) is 3.54. The van der Waals surface area contributed by atoms with Crippen molar-refractivity contribution in [1.82, 2.24) is 14.6 Å². The van der Waals surface area contributed by atoms with Crippen molar-refractivity contribution >= 4 is 23.1 Å². The van der Waals surface area contributed by atoms with Crippen molar-refractivity contribution in [3.8, 4) is 11.3 Å². The predicted molar refractivity (Wildman–Crippen MR) is 116 cm³/mol. The first-order valence-corrected chi connectivity index (χ1v) is 10.3. The van der Waals surface area contributed by atoms with E-state index in [1.165, 1.54) is 12.1 Å². The summed E-state index contributed by atoms with van der Waals surface area (Å²) >= 11 is 0. The molecule has 1 atom stereocenters. The van der Waals surface area contributed by atoms with E-state index in [9.17, 15) is 18.0 Å². The van der Waals surface area contributed by atoms with E-state index in [0.29, 0.717) is 16.9 Å². The Morgan fingerprint density at radius 2 is 1.94 bits per heavy atom. The normalized spacial score (nSPS) is 17.2. The molecule has 1 aliphatic heterocycles. The highest BCUT2D eigenvalue weighted by atomic mass is 19.4. The lowest BCUT2D eigenvalue weighted by molar-refractivity contribution is -0.137. The number of nitrogens with two attached hydrogens (primary N) is 1. The number of hydrogen-bond donors (Lipinski definition) is 2. The monoisotopic (exact) mass is 446 g/mol. The van der Waals surface area contributed by atoms with Gasteiger partial charge in [0.15, 0.2) is 5.65 Å². The highest BCUT2D eigenvalue weighted by Crippen LogP contribution is 2.37. The van der Waals surface area contributed by atoms with Gasteiger partial charge in [0.2, 0.25) is 5.91 Å². The molecule has 1 aromatic carbocycles. The number of carbonyl (C=O) groups is 1. The zero-order valence-electron chi connectivity index (χ0n) is 18.1. The Hall–Kier alpha value is -3.14. The second-order valence-electron chi connectivity index (χ2n) is 9.08. The van der Waals surface area contributed by atoms with E-state index in [2.05, 4.69) is 20.3 Å². The molecule has 0 radical (unpaired) electrons. The molecule has 0 spiro atoms. The molecule has 0 aliphatic carbocycles. The number of imidazole rings is 1. The Morgan fingerprint density at radius 3 is 2.56 bits per heavy atom. The molecule has 7 nitrogen and oxygen atoms in total. The molecular weight excluding hydrogens is 421 g/mol. The van der Waals surface area contributed by atoms with Gasteiger partial charge in [0.05, 0.1) is 23.1 Å². The van der Waals surface area contributed by atoms with Gasteiger partial charge < -0.3 is 16.0 Å². The van der Waals surface area contributed by atoms with Crippen molar-refractivity contribution in [3.63, 3.8) is 0 Å². The standard InChI is InChI=1S/C22H25F3N6O/c1-21(2,3)20(32)28-16-10-13(4-5-15(16)22(23,24)25)17-12-31-18(27-17)6-7-19(29-31)30-9-8-14(26)11-30/h4-7,10,12,14H,8-9,11,26H2,1-3H3,(H,28,32). The fraction of sp³-hybridized carbons (Fsp3) is 0.409. The first kappa shape index (κ1) is 22.1. The lowest BCUT2D eigenvalue weighted by Crippen LogP contribution is -2.28. The molecule has 10 heteroatoms. The van der Waals surface area contributed by atoms with Crippen LogP contribution in [0, 0.1) is 5.41 Å². The van der Waals surface area contributed by atoms with Crippen molar-refractivity contribution in [2.75, 3.05) is 23.3 Å². The number of aromatic nitrogens is 3. The zero-order chi connectivity index (χ0) is 23.3. The quantitative estimate of drug-likeness (QED) is 0.636. The van der Waals surface area contributed by atoms with Crippen LogP contribution in [0.15, 0.2) is 36.5 Å².